The van der Waals surface area contributed by atoms with Gasteiger partial charge in [0.15, 0.2) is 0 Å². The van der Waals surface area contributed by atoms with Gasteiger partial charge in [-0.3, -0.25) is 9.59 Å². The SMILES string of the molecule is CCOC(=O)C(N)Cc1ccccc1.COC(=O)C(N)Cc1ccccc1. The molecule has 0 spiro atoms. The average molecular weight is 372 g/mol. The Morgan fingerprint density at radius 2 is 1.22 bits per heavy atom. The molecular formula is C21H28N2O4. The Hall–Kier alpha value is -2.70. The van der Waals surface area contributed by atoms with Crippen molar-refractivity contribution in [1.82, 2.24) is 0 Å². The highest BCUT2D eigenvalue weighted by Crippen LogP contribution is 2.03. The molecular weight excluding hydrogens is 344 g/mol. The van der Waals surface area contributed by atoms with E-state index in [0.717, 1.165) is 11.1 Å². The first-order chi connectivity index (χ1) is 13.0. The van der Waals surface area contributed by atoms with Crippen molar-refractivity contribution in [3.8, 4) is 0 Å². The maximum absolute atomic E-state index is 11.2. The summed E-state index contributed by atoms with van der Waals surface area (Å²) < 4.78 is 9.33. The molecule has 2 rings (SSSR count). The fraction of sp³-hybridized carbons (Fsp3) is 0.333. The van der Waals surface area contributed by atoms with E-state index in [-0.39, 0.29) is 11.9 Å². The summed E-state index contributed by atoms with van der Waals surface area (Å²) in [7, 11) is 1.34. The van der Waals surface area contributed by atoms with E-state index in [9.17, 15) is 9.59 Å². The van der Waals surface area contributed by atoms with E-state index in [0.29, 0.717) is 19.4 Å². The van der Waals surface area contributed by atoms with Gasteiger partial charge in [-0.25, -0.2) is 0 Å². The summed E-state index contributed by atoms with van der Waals surface area (Å²) in [5, 5.41) is 0. The molecule has 0 aliphatic carbocycles. The van der Waals surface area contributed by atoms with Crippen LogP contribution in [0, 0.1) is 0 Å². The van der Waals surface area contributed by atoms with Crippen LogP contribution in [0.2, 0.25) is 0 Å². The third-order valence-electron chi connectivity index (χ3n) is 3.69. The van der Waals surface area contributed by atoms with Gasteiger partial charge in [-0.15, -0.1) is 0 Å². The van der Waals surface area contributed by atoms with E-state index >= 15 is 0 Å². The van der Waals surface area contributed by atoms with E-state index in [2.05, 4.69) is 4.74 Å². The van der Waals surface area contributed by atoms with Gasteiger partial charge < -0.3 is 20.9 Å². The Morgan fingerprint density at radius 1 is 0.815 bits per heavy atom. The number of esters is 2. The van der Waals surface area contributed by atoms with Gasteiger partial charge in [-0.1, -0.05) is 60.7 Å². The smallest absolute Gasteiger partial charge is 0.323 e. The van der Waals surface area contributed by atoms with Crippen LogP contribution in [0.1, 0.15) is 18.1 Å². The van der Waals surface area contributed by atoms with Crippen LogP contribution in [0.15, 0.2) is 60.7 Å². The lowest BCUT2D eigenvalue weighted by Crippen LogP contribution is -2.34. The second kappa shape index (κ2) is 12.6. The minimum Gasteiger partial charge on any atom is -0.468 e. The molecule has 0 aliphatic rings. The molecule has 2 aromatic carbocycles. The zero-order valence-electron chi connectivity index (χ0n) is 15.8. The number of rotatable bonds is 7. The number of nitrogens with two attached hydrogens (primary N) is 2. The second-order valence-corrected chi connectivity index (χ2v) is 5.87. The van der Waals surface area contributed by atoms with Crippen LogP contribution in [0.3, 0.4) is 0 Å². The van der Waals surface area contributed by atoms with E-state index in [4.69, 9.17) is 16.2 Å². The molecule has 0 radical (unpaired) electrons. The maximum Gasteiger partial charge on any atom is 0.323 e. The molecule has 0 saturated heterocycles. The van der Waals surface area contributed by atoms with Crippen LogP contribution >= 0.6 is 0 Å². The van der Waals surface area contributed by atoms with Gasteiger partial charge in [0.05, 0.1) is 13.7 Å². The number of carbonyl (C=O) groups is 2. The lowest BCUT2D eigenvalue weighted by atomic mass is 10.1. The molecule has 4 N–H and O–H groups in total. The van der Waals surface area contributed by atoms with Crippen molar-refractivity contribution in [3.63, 3.8) is 0 Å². The molecule has 6 nitrogen and oxygen atoms in total. The van der Waals surface area contributed by atoms with Crippen LogP contribution in [0.25, 0.3) is 0 Å². The number of benzene rings is 2. The van der Waals surface area contributed by atoms with Crippen molar-refractivity contribution < 1.29 is 19.1 Å². The number of ether oxygens (including phenoxy) is 2. The molecule has 0 bridgehead atoms. The van der Waals surface area contributed by atoms with Gasteiger partial charge in [-0.05, 0) is 30.9 Å². The quantitative estimate of drug-likeness (QED) is 0.719. The molecule has 6 heteroatoms. The van der Waals surface area contributed by atoms with E-state index in [1.54, 1.807) is 6.92 Å². The van der Waals surface area contributed by atoms with Gasteiger partial charge in [0.1, 0.15) is 12.1 Å². The first-order valence-corrected chi connectivity index (χ1v) is 8.81. The van der Waals surface area contributed by atoms with Gasteiger partial charge in [0, 0.05) is 0 Å². The first kappa shape index (κ1) is 22.3. The highest BCUT2D eigenvalue weighted by molar-refractivity contribution is 5.76. The standard InChI is InChI=1S/C11H15NO2.C10H13NO2/c1-2-14-11(13)10(12)8-9-6-4-3-5-7-9;1-13-10(12)9(11)7-8-5-3-2-4-6-8/h3-7,10H,2,8,12H2,1H3;2-6,9H,7,11H2,1H3. The van der Waals surface area contributed by atoms with Gasteiger partial charge in [-0.2, -0.15) is 0 Å². The van der Waals surface area contributed by atoms with Crippen molar-refractivity contribution >= 4 is 11.9 Å². The van der Waals surface area contributed by atoms with Crippen molar-refractivity contribution in [3.05, 3.63) is 71.8 Å². The van der Waals surface area contributed by atoms with Gasteiger partial charge in [0.2, 0.25) is 0 Å². The zero-order chi connectivity index (χ0) is 20.1. The monoisotopic (exact) mass is 372 g/mol. The van der Waals surface area contributed by atoms with Crippen molar-refractivity contribution in [2.24, 2.45) is 11.5 Å². The summed E-state index contributed by atoms with van der Waals surface area (Å²) in [5.41, 5.74) is 13.3. The Balaban J connectivity index is 0.000000271. The molecule has 0 aliphatic heterocycles. The van der Waals surface area contributed by atoms with Gasteiger partial charge >= 0.3 is 11.9 Å². The summed E-state index contributed by atoms with van der Waals surface area (Å²) in [6, 6.07) is 18.2. The van der Waals surface area contributed by atoms with Crippen LogP contribution in [-0.4, -0.2) is 37.7 Å². The molecule has 2 unspecified atom stereocenters. The highest BCUT2D eigenvalue weighted by atomic mass is 16.5. The Morgan fingerprint density at radius 3 is 1.59 bits per heavy atom. The minimum atomic E-state index is -0.563. The normalized spacial score (nSPS) is 12.1. The maximum atomic E-state index is 11.2. The molecule has 27 heavy (non-hydrogen) atoms. The summed E-state index contributed by atoms with van der Waals surface area (Å²) >= 11 is 0. The number of hydrogen-bond acceptors (Lipinski definition) is 6. The highest BCUT2D eigenvalue weighted by Gasteiger charge is 2.14. The summed E-state index contributed by atoms with van der Waals surface area (Å²) in [6.07, 6.45) is 1.05. The Bertz CT molecular complexity index is 677. The van der Waals surface area contributed by atoms with Crippen molar-refractivity contribution in [2.75, 3.05) is 13.7 Å². The van der Waals surface area contributed by atoms with Crippen molar-refractivity contribution in [1.29, 1.82) is 0 Å². The fourth-order valence-electron chi connectivity index (χ4n) is 2.30. The van der Waals surface area contributed by atoms with Crippen LogP contribution < -0.4 is 11.5 Å². The summed E-state index contributed by atoms with van der Waals surface area (Å²) in [5.74, 6) is -0.708. The largest absolute Gasteiger partial charge is 0.468 e. The molecule has 0 fully saturated rings. The van der Waals surface area contributed by atoms with E-state index < -0.39 is 12.1 Å². The van der Waals surface area contributed by atoms with Crippen LogP contribution in [0.4, 0.5) is 0 Å². The summed E-state index contributed by atoms with van der Waals surface area (Å²) in [4.78, 5) is 22.2. The number of hydrogen-bond donors (Lipinski definition) is 2. The lowest BCUT2D eigenvalue weighted by Gasteiger charge is -2.09. The van der Waals surface area contributed by atoms with E-state index in [1.165, 1.54) is 7.11 Å². The van der Waals surface area contributed by atoms with E-state index in [1.807, 2.05) is 60.7 Å². The molecule has 0 amide bonds. The van der Waals surface area contributed by atoms with Gasteiger partial charge in [0.25, 0.3) is 0 Å². The third-order valence-corrected chi connectivity index (χ3v) is 3.69. The fourth-order valence-corrected chi connectivity index (χ4v) is 2.30. The molecule has 0 heterocycles. The number of methoxy groups -OCH3 is 1. The molecule has 2 aromatic rings. The van der Waals surface area contributed by atoms with Crippen molar-refractivity contribution in [2.45, 2.75) is 31.8 Å². The average Bonchev–Trinajstić information content (AvgIpc) is 2.69. The number of carbonyl (C=O) groups excluding carboxylic acids is 2. The molecule has 2 atom stereocenters. The minimum absolute atomic E-state index is 0.337. The zero-order valence-corrected chi connectivity index (χ0v) is 15.8. The Kier molecular flexibility index (Phi) is 10.4. The molecule has 0 aromatic heterocycles. The summed E-state index contributed by atoms with van der Waals surface area (Å²) in [6.45, 7) is 2.15. The first-order valence-electron chi connectivity index (χ1n) is 8.81. The van der Waals surface area contributed by atoms with Crippen LogP contribution in [0.5, 0.6) is 0 Å². The molecule has 0 saturated carbocycles. The second-order valence-electron chi connectivity index (χ2n) is 5.87. The third kappa shape index (κ3) is 8.99. The lowest BCUT2D eigenvalue weighted by molar-refractivity contribution is -0.144. The van der Waals surface area contributed by atoms with Crippen LogP contribution in [-0.2, 0) is 31.9 Å². The Labute approximate surface area is 160 Å². The molecule has 146 valence electrons. The topological polar surface area (TPSA) is 105 Å². The predicted octanol–water partition coefficient (Wildman–Crippen LogP) is 1.85. The predicted molar refractivity (Wildman–Crippen MR) is 105 cm³/mol.